The zero-order valence-corrected chi connectivity index (χ0v) is 24.4. The Morgan fingerprint density at radius 3 is 2.26 bits per heavy atom. The number of benzene rings is 2. The number of halogens is 1. The molecule has 0 saturated heterocycles. The predicted octanol–water partition coefficient (Wildman–Crippen LogP) is 4.31. The summed E-state index contributed by atoms with van der Waals surface area (Å²) in [5.74, 6) is -1.18. The lowest BCUT2D eigenvalue weighted by Crippen LogP contribution is -2.54. The molecule has 0 aromatic heterocycles. The Morgan fingerprint density at radius 1 is 1.03 bits per heavy atom. The molecule has 1 fully saturated rings. The molecule has 0 heterocycles. The number of rotatable bonds is 11. The molecule has 1 aliphatic rings. The van der Waals surface area contributed by atoms with E-state index < -0.39 is 34.5 Å². The molecule has 8 nitrogen and oxygen atoms in total. The summed E-state index contributed by atoms with van der Waals surface area (Å²) in [6, 6.07) is 10.4. The van der Waals surface area contributed by atoms with Gasteiger partial charge in [-0.2, -0.15) is 12.7 Å². The number of carbonyl (C=O) groups excluding carboxylic acids is 2. The molecule has 0 spiro atoms. The maximum Gasteiger partial charge on any atom is 0.304 e. The maximum atomic E-state index is 14.0. The molecule has 0 radical (unpaired) electrons. The number of nitrogens with zero attached hydrogens (tertiary/aromatic N) is 3. The zero-order valence-electron chi connectivity index (χ0n) is 23.6. The Kier molecular flexibility index (Phi) is 10.5. The number of amides is 2. The van der Waals surface area contributed by atoms with E-state index >= 15 is 0 Å². The van der Waals surface area contributed by atoms with Crippen LogP contribution in [0.2, 0.25) is 0 Å². The van der Waals surface area contributed by atoms with Gasteiger partial charge in [0, 0.05) is 26.7 Å². The molecular formula is C29H41FN4O4S. The van der Waals surface area contributed by atoms with Crippen molar-refractivity contribution in [1.82, 2.24) is 14.5 Å². The van der Waals surface area contributed by atoms with Gasteiger partial charge in [0.2, 0.25) is 11.8 Å². The van der Waals surface area contributed by atoms with Crippen molar-refractivity contribution in [3.8, 4) is 0 Å². The van der Waals surface area contributed by atoms with Gasteiger partial charge >= 0.3 is 10.2 Å². The number of nitrogens with one attached hydrogen (secondary N) is 1. The van der Waals surface area contributed by atoms with Crippen LogP contribution < -0.4 is 9.62 Å². The summed E-state index contributed by atoms with van der Waals surface area (Å²) in [5, 5.41) is 3.12. The first-order valence-electron chi connectivity index (χ1n) is 13.6. The standard InChI is InChI=1S/C29H41FN4O4S/c1-6-26(29(36)31-25-10-8-7-9-11-25)33(19-23-14-16-24(30)17-15-23)28(35)20-34(39(37,38)32(4)5)27-18-21(2)12-13-22(27)3/h12-18,25-26H,6-11,19-20H2,1-5H3,(H,31,36). The molecule has 0 bridgehead atoms. The lowest BCUT2D eigenvalue weighted by molar-refractivity contribution is -0.140. The highest BCUT2D eigenvalue weighted by molar-refractivity contribution is 7.90. The van der Waals surface area contributed by atoms with E-state index in [1.165, 1.54) is 31.1 Å². The third-order valence-electron chi connectivity index (χ3n) is 7.26. The van der Waals surface area contributed by atoms with Crippen molar-refractivity contribution in [2.75, 3.05) is 24.9 Å². The van der Waals surface area contributed by atoms with Crippen molar-refractivity contribution in [2.45, 2.75) is 77.9 Å². The van der Waals surface area contributed by atoms with Crippen LogP contribution in [0.1, 0.15) is 62.1 Å². The van der Waals surface area contributed by atoms with E-state index in [9.17, 15) is 22.4 Å². The minimum atomic E-state index is -4.04. The molecular weight excluding hydrogens is 519 g/mol. The maximum absolute atomic E-state index is 14.0. The quantitative estimate of drug-likeness (QED) is 0.444. The Labute approximate surface area is 232 Å². The monoisotopic (exact) mass is 560 g/mol. The number of hydrogen-bond donors (Lipinski definition) is 1. The van der Waals surface area contributed by atoms with Gasteiger partial charge < -0.3 is 10.2 Å². The zero-order chi connectivity index (χ0) is 28.7. The van der Waals surface area contributed by atoms with Crippen molar-refractivity contribution >= 4 is 27.7 Å². The fraction of sp³-hybridized carbons (Fsp3) is 0.517. The highest BCUT2D eigenvalue weighted by Crippen LogP contribution is 2.26. The second-order valence-electron chi connectivity index (χ2n) is 10.5. The summed E-state index contributed by atoms with van der Waals surface area (Å²) in [6.45, 7) is 5.03. The van der Waals surface area contributed by atoms with Crippen LogP contribution >= 0.6 is 0 Å². The number of aryl methyl sites for hydroxylation is 2. The Bertz CT molecular complexity index is 1240. The molecule has 2 aromatic carbocycles. The average molecular weight is 561 g/mol. The van der Waals surface area contributed by atoms with Crippen molar-refractivity contribution in [1.29, 1.82) is 0 Å². The van der Waals surface area contributed by atoms with Crippen molar-refractivity contribution < 1.29 is 22.4 Å². The molecule has 3 rings (SSSR count). The van der Waals surface area contributed by atoms with Crippen LogP contribution in [-0.2, 0) is 26.3 Å². The second-order valence-corrected chi connectivity index (χ2v) is 12.6. The van der Waals surface area contributed by atoms with Crippen molar-refractivity contribution in [2.24, 2.45) is 0 Å². The lowest BCUT2D eigenvalue weighted by Gasteiger charge is -2.35. The molecule has 2 amide bonds. The van der Waals surface area contributed by atoms with Crippen LogP contribution in [0.5, 0.6) is 0 Å². The van der Waals surface area contributed by atoms with Gasteiger partial charge in [0.1, 0.15) is 18.4 Å². The largest absolute Gasteiger partial charge is 0.352 e. The Morgan fingerprint density at radius 2 is 1.67 bits per heavy atom. The van der Waals surface area contributed by atoms with Crippen LogP contribution in [0.4, 0.5) is 10.1 Å². The van der Waals surface area contributed by atoms with Gasteiger partial charge in [0.05, 0.1) is 5.69 Å². The van der Waals surface area contributed by atoms with Gasteiger partial charge in [0.25, 0.3) is 0 Å². The molecule has 10 heteroatoms. The van der Waals surface area contributed by atoms with Gasteiger partial charge in [-0.05, 0) is 68.0 Å². The second kappa shape index (κ2) is 13.4. The summed E-state index contributed by atoms with van der Waals surface area (Å²) in [6.07, 6.45) is 5.38. The van der Waals surface area contributed by atoms with Crippen LogP contribution in [0, 0.1) is 19.7 Å². The molecule has 39 heavy (non-hydrogen) atoms. The third kappa shape index (κ3) is 7.79. The topological polar surface area (TPSA) is 90.0 Å². The molecule has 1 aliphatic carbocycles. The average Bonchev–Trinajstić information content (AvgIpc) is 2.90. The lowest BCUT2D eigenvalue weighted by atomic mass is 9.95. The first-order chi connectivity index (χ1) is 18.4. The van der Waals surface area contributed by atoms with Gasteiger partial charge in [-0.25, -0.2) is 8.70 Å². The molecule has 1 saturated carbocycles. The summed E-state index contributed by atoms with van der Waals surface area (Å²) in [7, 11) is -1.21. The first kappa shape index (κ1) is 30.6. The highest BCUT2D eigenvalue weighted by Gasteiger charge is 2.35. The van der Waals surface area contributed by atoms with E-state index in [0.29, 0.717) is 23.2 Å². The minimum Gasteiger partial charge on any atom is -0.352 e. The number of hydrogen-bond acceptors (Lipinski definition) is 4. The van der Waals surface area contributed by atoms with Gasteiger partial charge in [-0.15, -0.1) is 0 Å². The first-order valence-corrected chi connectivity index (χ1v) is 15.0. The molecule has 1 unspecified atom stereocenters. The van der Waals surface area contributed by atoms with Crippen molar-refractivity contribution in [3.63, 3.8) is 0 Å². The fourth-order valence-corrected chi connectivity index (χ4v) is 6.05. The van der Waals surface area contributed by atoms with E-state index in [1.807, 2.05) is 26.0 Å². The van der Waals surface area contributed by atoms with Crippen LogP contribution in [0.15, 0.2) is 42.5 Å². The Hall–Kier alpha value is -2.98. The van der Waals surface area contributed by atoms with Crippen LogP contribution in [0.25, 0.3) is 0 Å². The SMILES string of the molecule is CCC(C(=O)NC1CCCCC1)N(Cc1ccc(F)cc1)C(=O)CN(c1cc(C)ccc1C)S(=O)(=O)N(C)C. The van der Waals surface area contributed by atoms with Gasteiger partial charge in [0.15, 0.2) is 0 Å². The van der Waals surface area contributed by atoms with E-state index in [-0.39, 0.29) is 18.5 Å². The number of carbonyl (C=O) groups is 2. The molecule has 1 N–H and O–H groups in total. The van der Waals surface area contributed by atoms with E-state index in [1.54, 1.807) is 25.1 Å². The molecule has 214 valence electrons. The molecule has 0 aliphatic heterocycles. The fourth-order valence-electron chi connectivity index (χ4n) is 4.94. The van der Waals surface area contributed by atoms with Crippen LogP contribution in [-0.4, -0.2) is 62.2 Å². The molecule has 1 atom stereocenters. The highest BCUT2D eigenvalue weighted by atomic mass is 32.2. The minimum absolute atomic E-state index is 0.0400. The summed E-state index contributed by atoms with van der Waals surface area (Å²) in [5.41, 5.74) is 2.59. The van der Waals surface area contributed by atoms with Gasteiger partial charge in [-0.1, -0.05) is 50.5 Å². The van der Waals surface area contributed by atoms with Crippen LogP contribution in [0.3, 0.4) is 0 Å². The third-order valence-corrected chi connectivity index (χ3v) is 9.06. The Balaban J connectivity index is 1.99. The smallest absolute Gasteiger partial charge is 0.304 e. The summed E-state index contributed by atoms with van der Waals surface area (Å²) < 4.78 is 42.7. The van der Waals surface area contributed by atoms with E-state index in [4.69, 9.17) is 0 Å². The van der Waals surface area contributed by atoms with Crippen molar-refractivity contribution in [3.05, 3.63) is 65.0 Å². The molecule has 2 aromatic rings. The van der Waals surface area contributed by atoms with E-state index in [2.05, 4.69) is 5.32 Å². The van der Waals surface area contributed by atoms with Gasteiger partial charge in [-0.3, -0.25) is 9.59 Å². The predicted molar refractivity (Wildman–Crippen MR) is 152 cm³/mol. The van der Waals surface area contributed by atoms with E-state index in [0.717, 1.165) is 46.3 Å². The number of anilines is 1. The normalized spacial score (nSPS) is 15.2. The summed E-state index contributed by atoms with van der Waals surface area (Å²) in [4.78, 5) is 28.9. The summed E-state index contributed by atoms with van der Waals surface area (Å²) >= 11 is 0.